The molecule has 1 spiro atoms. The van der Waals surface area contributed by atoms with Gasteiger partial charge in [0.05, 0.1) is 30.1 Å². The van der Waals surface area contributed by atoms with Crippen LogP contribution < -0.4 is 0 Å². The average molecular weight is 552 g/mol. The smallest absolute Gasteiger partial charge is 0.248 e. The Hall–Kier alpha value is -2.97. The topological polar surface area (TPSA) is 90.4 Å². The van der Waals surface area contributed by atoms with E-state index in [2.05, 4.69) is 20.1 Å². The van der Waals surface area contributed by atoms with Crippen molar-refractivity contribution in [3.05, 3.63) is 61.2 Å². The van der Waals surface area contributed by atoms with Crippen LogP contribution in [0.25, 0.3) is 0 Å². The van der Waals surface area contributed by atoms with Crippen LogP contribution in [0.2, 0.25) is 0 Å². The summed E-state index contributed by atoms with van der Waals surface area (Å²) in [5.41, 5.74) is -0.959. The first-order valence-corrected chi connectivity index (χ1v) is 14.7. The molecule has 3 heterocycles. The first kappa shape index (κ1) is 30.0. The van der Waals surface area contributed by atoms with Crippen molar-refractivity contribution < 1.29 is 24.2 Å². The number of fused-ring (bicyclic) bond motifs is 1. The molecule has 2 unspecified atom stereocenters. The van der Waals surface area contributed by atoms with Gasteiger partial charge in [-0.2, -0.15) is 0 Å². The first-order chi connectivity index (χ1) is 19.2. The molecule has 4 rings (SSSR count). The maximum absolute atomic E-state index is 14.4. The van der Waals surface area contributed by atoms with Crippen LogP contribution in [0.4, 0.5) is 0 Å². The summed E-state index contributed by atoms with van der Waals surface area (Å²) in [4.78, 5) is 48.1. The van der Waals surface area contributed by atoms with Gasteiger partial charge < -0.3 is 24.5 Å². The summed E-state index contributed by atoms with van der Waals surface area (Å²) in [7, 11) is 0. The molecule has 8 heteroatoms. The van der Waals surface area contributed by atoms with Gasteiger partial charge in [-0.15, -0.1) is 13.2 Å². The highest BCUT2D eigenvalue weighted by atomic mass is 16.5. The van der Waals surface area contributed by atoms with Gasteiger partial charge >= 0.3 is 0 Å². The molecule has 218 valence electrons. The zero-order chi connectivity index (χ0) is 29.1. The molecule has 0 aliphatic carbocycles. The first-order valence-electron chi connectivity index (χ1n) is 14.7. The van der Waals surface area contributed by atoms with Gasteiger partial charge in [-0.1, -0.05) is 62.8 Å². The monoisotopic (exact) mass is 551 g/mol. The molecule has 40 heavy (non-hydrogen) atoms. The molecule has 0 aromatic heterocycles. The lowest BCUT2D eigenvalue weighted by molar-refractivity contribution is -0.157. The number of hydrogen-bond donors (Lipinski definition) is 1. The molecule has 1 aromatic carbocycles. The SMILES string of the molecule is C=CCN(CCCC)C(=O)C1N([C@H](C)CO)C(=O)[C@@H]2[C@@H](C(=O)N(CC=C)Cc3ccccc3)[C@@]3(CC)CCC12O3. The highest BCUT2D eigenvalue weighted by molar-refractivity contribution is 5.99. The lowest BCUT2D eigenvalue weighted by Crippen LogP contribution is -2.58. The van der Waals surface area contributed by atoms with Crippen molar-refractivity contribution in [2.45, 2.75) is 82.7 Å². The molecule has 8 nitrogen and oxygen atoms in total. The van der Waals surface area contributed by atoms with E-state index >= 15 is 0 Å². The number of aliphatic hydroxyl groups excluding tert-OH is 1. The van der Waals surface area contributed by atoms with Crippen molar-refractivity contribution >= 4 is 17.7 Å². The van der Waals surface area contributed by atoms with Crippen LogP contribution in [-0.2, 0) is 25.7 Å². The van der Waals surface area contributed by atoms with E-state index in [0.29, 0.717) is 45.4 Å². The fraction of sp³-hybridized carbons (Fsp3) is 0.594. The molecule has 0 radical (unpaired) electrons. The van der Waals surface area contributed by atoms with E-state index in [1.54, 1.807) is 28.9 Å². The Bertz CT molecular complexity index is 1110. The Labute approximate surface area is 238 Å². The van der Waals surface area contributed by atoms with E-state index in [-0.39, 0.29) is 24.3 Å². The maximum atomic E-state index is 14.4. The van der Waals surface area contributed by atoms with Crippen molar-refractivity contribution in [1.82, 2.24) is 14.7 Å². The van der Waals surface area contributed by atoms with Gasteiger partial charge in [0.2, 0.25) is 17.7 Å². The largest absolute Gasteiger partial charge is 0.394 e. The van der Waals surface area contributed by atoms with Gasteiger partial charge in [0.15, 0.2) is 0 Å². The van der Waals surface area contributed by atoms with E-state index in [0.717, 1.165) is 18.4 Å². The summed E-state index contributed by atoms with van der Waals surface area (Å²) in [5, 5.41) is 10.2. The van der Waals surface area contributed by atoms with Crippen molar-refractivity contribution in [1.29, 1.82) is 0 Å². The van der Waals surface area contributed by atoms with Crippen LogP contribution in [-0.4, -0.2) is 87.1 Å². The van der Waals surface area contributed by atoms with Crippen LogP contribution in [0, 0.1) is 11.8 Å². The fourth-order valence-corrected chi connectivity index (χ4v) is 7.23. The summed E-state index contributed by atoms with van der Waals surface area (Å²) < 4.78 is 6.90. The van der Waals surface area contributed by atoms with Gasteiger partial charge in [0.1, 0.15) is 11.6 Å². The number of nitrogens with zero attached hydrogens (tertiary/aromatic N) is 3. The number of aliphatic hydroxyl groups is 1. The lowest BCUT2D eigenvalue weighted by atomic mass is 9.64. The number of hydrogen-bond acceptors (Lipinski definition) is 5. The molecule has 3 saturated heterocycles. The molecular formula is C32H45N3O5. The quantitative estimate of drug-likeness (QED) is 0.357. The number of benzene rings is 1. The van der Waals surface area contributed by atoms with Crippen LogP contribution in [0.3, 0.4) is 0 Å². The van der Waals surface area contributed by atoms with Crippen molar-refractivity contribution in [2.24, 2.45) is 11.8 Å². The third-order valence-electron chi connectivity index (χ3n) is 9.18. The second-order valence-corrected chi connectivity index (χ2v) is 11.5. The van der Waals surface area contributed by atoms with Crippen molar-refractivity contribution in [3.63, 3.8) is 0 Å². The summed E-state index contributed by atoms with van der Waals surface area (Å²) in [6.45, 7) is 14.9. The number of carbonyl (C=O) groups is 3. The predicted molar refractivity (Wildman–Crippen MR) is 154 cm³/mol. The third-order valence-corrected chi connectivity index (χ3v) is 9.18. The minimum absolute atomic E-state index is 0.149. The Kier molecular flexibility index (Phi) is 9.20. The average Bonchev–Trinajstić information content (AvgIpc) is 3.58. The predicted octanol–water partition coefficient (Wildman–Crippen LogP) is 3.55. The number of ether oxygens (including phenoxy) is 1. The Morgan fingerprint density at radius 1 is 1.12 bits per heavy atom. The molecule has 1 aromatic rings. The molecule has 2 bridgehead atoms. The molecule has 0 saturated carbocycles. The van der Waals surface area contributed by atoms with Crippen LogP contribution in [0.15, 0.2) is 55.6 Å². The zero-order valence-corrected chi connectivity index (χ0v) is 24.3. The third kappa shape index (κ3) is 4.90. The van der Waals surface area contributed by atoms with Crippen LogP contribution >= 0.6 is 0 Å². The van der Waals surface area contributed by atoms with E-state index in [1.165, 1.54) is 4.90 Å². The number of likely N-dealkylation sites (tertiary alicyclic amines) is 1. The minimum atomic E-state index is -1.12. The minimum Gasteiger partial charge on any atom is -0.394 e. The Balaban J connectivity index is 1.78. The Morgan fingerprint density at radius 2 is 1.80 bits per heavy atom. The highest BCUT2D eigenvalue weighted by Gasteiger charge is 2.79. The van der Waals surface area contributed by atoms with E-state index < -0.39 is 35.1 Å². The van der Waals surface area contributed by atoms with Gasteiger partial charge in [-0.3, -0.25) is 14.4 Å². The molecule has 6 atom stereocenters. The normalized spacial score (nSPS) is 29.2. The molecule has 3 amide bonds. The highest BCUT2D eigenvalue weighted by Crippen LogP contribution is 2.65. The van der Waals surface area contributed by atoms with E-state index in [1.807, 2.05) is 37.3 Å². The Morgan fingerprint density at radius 3 is 2.40 bits per heavy atom. The van der Waals surface area contributed by atoms with Crippen LogP contribution in [0.1, 0.15) is 58.4 Å². The van der Waals surface area contributed by atoms with Gasteiger partial charge in [-0.25, -0.2) is 0 Å². The molecule has 3 aliphatic rings. The zero-order valence-electron chi connectivity index (χ0n) is 24.3. The summed E-state index contributed by atoms with van der Waals surface area (Å²) in [5.74, 6) is -2.14. The maximum Gasteiger partial charge on any atom is 0.248 e. The molecular weight excluding hydrogens is 506 g/mol. The summed E-state index contributed by atoms with van der Waals surface area (Å²) >= 11 is 0. The van der Waals surface area contributed by atoms with Crippen molar-refractivity contribution in [3.8, 4) is 0 Å². The standard InChI is InChI=1S/C32H45N3O5/c1-6-10-20-33(18-7-2)30(39)27-32-17-16-31(9-4,40-32)25(26(32)29(38)35(27)23(5)22-36)28(37)34(19-8-3)21-24-14-12-11-13-15-24/h7-8,11-15,23,25-27,36H,2-3,6,9-10,16-22H2,1,4-5H3/t23-,25+,26+,27?,31-,32?/m1/s1. The fourth-order valence-electron chi connectivity index (χ4n) is 7.23. The number of carbonyl (C=O) groups excluding carboxylic acids is 3. The second kappa shape index (κ2) is 12.3. The van der Waals surface area contributed by atoms with Crippen molar-refractivity contribution in [2.75, 3.05) is 26.2 Å². The van der Waals surface area contributed by atoms with E-state index in [4.69, 9.17) is 4.74 Å². The number of amides is 3. The van der Waals surface area contributed by atoms with Crippen LogP contribution in [0.5, 0.6) is 0 Å². The lowest BCUT2D eigenvalue weighted by Gasteiger charge is -2.38. The summed E-state index contributed by atoms with van der Waals surface area (Å²) in [6.07, 6.45) is 6.81. The van der Waals surface area contributed by atoms with Gasteiger partial charge in [-0.05, 0) is 38.2 Å². The second-order valence-electron chi connectivity index (χ2n) is 11.5. The molecule has 3 fully saturated rings. The number of rotatable bonds is 14. The number of unbranched alkanes of at least 4 members (excludes halogenated alkanes) is 1. The molecule has 3 aliphatic heterocycles. The van der Waals surface area contributed by atoms with Gasteiger partial charge in [0, 0.05) is 26.2 Å². The van der Waals surface area contributed by atoms with E-state index in [9.17, 15) is 19.5 Å². The molecule has 1 N–H and O–H groups in total. The van der Waals surface area contributed by atoms with Gasteiger partial charge in [0.25, 0.3) is 0 Å². The summed E-state index contributed by atoms with van der Waals surface area (Å²) in [6, 6.07) is 8.26.